The lowest BCUT2D eigenvalue weighted by molar-refractivity contribution is -0.123. The molecular formula is C32H32N4O2S. The first-order valence-corrected chi connectivity index (χ1v) is 14.5. The second kappa shape index (κ2) is 10.4. The summed E-state index contributed by atoms with van der Waals surface area (Å²) in [7, 11) is 0. The fraction of sp³-hybridized carbons (Fsp3) is 0.281. The van der Waals surface area contributed by atoms with Crippen LogP contribution in [0.1, 0.15) is 45.9 Å². The van der Waals surface area contributed by atoms with Crippen molar-refractivity contribution >= 4 is 29.4 Å². The lowest BCUT2D eigenvalue weighted by Crippen LogP contribution is -2.43. The van der Waals surface area contributed by atoms with Gasteiger partial charge in [-0.25, -0.2) is 4.68 Å². The summed E-state index contributed by atoms with van der Waals surface area (Å²) in [5.41, 5.74) is 8.15. The van der Waals surface area contributed by atoms with Crippen molar-refractivity contribution in [2.24, 2.45) is 0 Å². The van der Waals surface area contributed by atoms with Crippen LogP contribution in [-0.2, 0) is 9.59 Å². The van der Waals surface area contributed by atoms with Gasteiger partial charge in [0.2, 0.25) is 11.8 Å². The van der Waals surface area contributed by atoms with Gasteiger partial charge in [0.15, 0.2) is 0 Å². The first kappa shape index (κ1) is 25.4. The molecule has 1 unspecified atom stereocenters. The second-order valence-corrected chi connectivity index (χ2v) is 11.7. The van der Waals surface area contributed by atoms with E-state index in [1.165, 1.54) is 0 Å². The van der Waals surface area contributed by atoms with Crippen LogP contribution in [0.3, 0.4) is 0 Å². The van der Waals surface area contributed by atoms with Crippen LogP contribution >= 0.6 is 11.8 Å². The Morgan fingerprint density at radius 3 is 2.46 bits per heavy atom. The van der Waals surface area contributed by atoms with Crippen molar-refractivity contribution in [2.75, 3.05) is 17.2 Å². The van der Waals surface area contributed by atoms with Crippen LogP contribution in [0.2, 0.25) is 0 Å². The molecule has 1 aliphatic heterocycles. The van der Waals surface area contributed by atoms with Crippen molar-refractivity contribution in [1.29, 1.82) is 0 Å². The topological polar surface area (TPSA) is 67.2 Å². The van der Waals surface area contributed by atoms with Gasteiger partial charge in [-0.1, -0.05) is 77.9 Å². The normalized spacial score (nSPS) is 17.1. The van der Waals surface area contributed by atoms with Gasteiger partial charge in [0.1, 0.15) is 12.4 Å². The molecule has 39 heavy (non-hydrogen) atoms. The molecule has 0 radical (unpaired) electrons. The summed E-state index contributed by atoms with van der Waals surface area (Å²) in [6, 6.07) is 25.1. The molecule has 3 aromatic carbocycles. The van der Waals surface area contributed by atoms with Crippen LogP contribution in [0.4, 0.5) is 5.82 Å². The number of carbonyl (C=O) groups is 2. The van der Waals surface area contributed by atoms with Crippen LogP contribution in [-0.4, -0.2) is 39.9 Å². The van der Waals surface area contributed by atoms with Crippen molar-refractivity contribution in [2.45, 2.75) is 44.9 Å². The van der Waals surface area contributed by atoms with E-state index in [0.29, 0.717) is 5.82 Å². The first-order chi connectivity index (χ1) is 18.9. The second-order valence-electron chi connectivity index (χ2n) is 10.6. The molecule has 1 atom stereocenters. The highest BCUT2D eigenvalue weighted by molar-refractivity contribution is 8.00. The maximum atomic E-state index is 13.8. The molecule has 1 aromatic heterocycles. The molecule has 0 spiro atoms. The molecule has 6 rings (SSSR count). The minimum atomic E-state index is -0.134. The molecular weight excluding hydrogens is 504 g/mol. The first-order valence-electron chi connectivity index (χ1n) is 13.4. The van der Waals surface area contributed by atoms with Gasteiger partial charge in [-0.05, 0) is 50.8 Å². The summed E-state index contributed by atoms with van der Waals surface area (Å²) < 4.78 is 1.89. The highest BCUT2D eigenvalue weighted by Gasteiger charge is 2.38. The Kier molecular flexibility index (Phi) is 6.77. The van der Waals surface area contributed by atoms with Gasteiger partial charge in [0, 0.05) is 17.2 Å². The lowest BCUT2D eigenvalue weighted by atomic mass is 9.98. The maximum absolute atomic E-state index is 13.8. The number of aromatic nitrogens is 2. The molecule has 4 aromatic rings. The number of benzene rings is 3. The van der Waals surface area contributed by atoms with Crippen LogP contribution in [0.5, 0.6) is 0 Å². The number of nitrogens with zero attached hydrogens (tertiary/aromatic N) is 3. The van der Waals surface area contributed by atoms with Crippen LogP contribution < -0.4 is 10.2 Å². The molecule has 7 heteroatoms. The Morgan fingerprint density at radius 2 is 1.74 bits per heavy atom. The molecule has 2 aliphatic rings. The standard InChI is InChI=1S/C32H32N4O2S/c1-20-8-7-11-24(17-20)31-29-30(23-9-5-4-6-10-23)34-36(26-15-12-21(2)16-22(26)3)32(29)35(28(38)19-39-31)18-27(37)33-25-13-14-25/h4-12,15-17,25,31H,13-14,18-19H2,1-3H3,(H,33,37). The summed E-state index contributed by atoms with van der Waals surface area (Å²) in [6.07, 6.45) is 1.99. The van der Waals surface area contributed by atoms with E-state index in [1.54, 1.807) is 16.7 Å². The Bertz CT molecular complexity index is 1560. The van der Waals surface area contributed by atoms with Gasteiger partial charge < -0.3 is 5.32 Å². The van der Waals surface area contributed by atoms with E-state index in [4.69, 9.17) is 5.10 Å². The van der Waals surface area contributed by atoms with Crippen LogP contribution in [0.25, 0.3) is 16.9 Å². The third-order valence-corrected chi connectivity index (χ3v) is 8.56. The summed E-state index contributed by atoms with van der Waals surface area (Å²) in [6.45, 7) is 6.18. The van der Waals surface area contributed by atoms with Crippen LogP contribution in [0.15, 0.2) is 72.8 Å². The smallest absolute Gasteiger partial charge is 0.240 e. The Morgan fingerprint density at radius 1 is 0.974 bits per heavy atom. The van der Waals surface area contributed by atoms with Gasteiger partial charge >= 0.3 is 0 Å². The van der Waals surface area contributed by atoms with E-state index in [9.17, 15) is 9.59 Å². The number of anilines is 1. The van der Waals surface area contributed by atoms with E-state index in [-0.39, 0.29) is 35.4 Å². The van der Waals surface area contributed by atoms with E-state index >= 15 is 0 Å². The molecule has 0 bridgehead atoms. The number of fused-ring (bicyclic) bond motifs is 1. The third kappa shape index (κ3) is 5.11. The zero-order valence-electron chi connectivity index (χ0n) is 22.5. The van der Waals surface area contributed by atoms with Crippen molar-refractivity contribution in [3.63, 3.8) is 0 Å². The van der Waals surface area contributed by atoms with Crippen molar-refractivity contribution < 1.29 is 9.59 Å². The Hall–Kier alpha value is -3.84. The summed E-state index contributed by atoms with van der Waals surface area (Å²) in [4.78, 5) is 28.6. The molecule has 1 N–H and O–H groups in total. The monoisotopic (exact) mass is 536 g/mol. The average molecular weight is 537 g/mol. The Balaban J connectivity index is 1.62. The summed E-state index contributed by atoms with van der Waals surface area (Å²) in [5, 5.41) is 8.15. The number of thioether (sulfide) groups is 1. The van der Waals surface area contributed by atoms with Crippen molar-refractivity contribution in [1.82, 2.24) is 15.1 Å². The van der Waals surface area contributed by atoms with E-state index in [1.807, 2.05) is 22.9 Å². The summed E-state index contributed by atoms with van der Waals surface area (Å²) in [5.74, 6) is 0.719. The number of aryl methyl sites for hydroxylation is 3. The fourth-order valence-corrected chi connectivity index (χ4v) is 6.47. The summed E-state index contributed by atoms with van der Waals surface area (Å²) >= 11 is 1.60. The zero-order chi connectivity index (χ0) is 27.1. The van der Waals surface area contributed by atoms with Gasteiger partial charge in [0.25, 0.3) is 0 Å². The number of amides is 2. The van der Waals surface area contributed by atoms with E-state index in [2.05, 4.69) is 80.7 Å². The van der Waals surface area contributed by atoms with Gasteiger partial charge in [-0.3, -0.25) is 14.5 Å². The third-order valence-electron chi connectivity index (χ3n) is 7.31. The molecule has 0 saturated heterocycles. The number of hydrogen-bond acceptors (Lipinski definition) is 4. The number of hydrogen-bond donors (Lipinski definition) is 1. The molecule has 2 amide bonds. The minimum absolute atomic E-state index is 0.0335. The average Bonchev–Trinajstić information content (AvgIpc) is 3.67. The molecule has 1 fully saturated rings. The fourth-order valence-electron chi connectivity index (χ4n) is 5.28. The Labute approximate surface area is 233 Å². The SMILES string of the molecule is Cc1cccc(C2SCC(=O)N(CC(=O)NC3CC3)c3c2c(-c2ccccc2)nn3-c2ccc(C)cc2C)c1. The minimum Gasteiger partial charge on any atom is -0.352 e. The lowest BCUT2D eigenvalue weighted by Gasteiger charge is -2.24. The van der Waals surface area contributed by atoms with Crippen molar-refractivity contribution in [3.8, 4) is 16.9 Å². The molecule has 1 aliphatic carbocycles. The van der Waals surface area contributed by atoms with Crippen molar-refractivity contribution in [3.05, 3.63) is 101 Å². The molecule has 198 valence electrons. The zero-order valence-corrected chi connectivity index (χ0v) is 23.3. The largest absolute Gasteiger partial charge is 0.352 e. The predicted molar refractivity (Wildman–Crippen MR) is 157 cm³/mol. The maximum Gasteiger partial charge on any atom is 0.240 e. The van der Waals surface area contributed by atoms with Gasteiger partial charge in [-0.2, -0.15) is 5.10 Å². The quantitative estimate of drug-likeness (QED) is 0.333. The van der Waals surface area contributed by atoms with E-state index in [0.717, 1.165) is 57.6 Å². The predicted octanol–water partition coefficient (Wildman–Crippen LogP) is 5.91. The number of rotatable bonds is 6. The number of carbonyl (C=O) groups excluding carboxylic acids is 2. The highest BCUT2D eigenvalue weighted by atomic mass is 32.2. The van der Waals surface area contributed by atoms with E-state index < -0.39 is 0 Å². The number of nitrogens with one attached hydrogen (secondary N) is 1. The highest BCUT2D eigenvalue weighted by Crippen LogP contribution is 2.48. The molecule has 2 heterocycles. The molecule has 6 nitrogen and oxygen atoms in total. The van der Waals surface area contributed by atoms with Gasteiger partial charge in [0.05, 0.1) is 22.4 Å². The van der Waals surface area contributed by atoms with Gasteiger partial charge in [-0.15, -0.1) is 11.8 Å². The molecule has 1 saturated carbocycles. The van der Waals surface area contributed by atoms with Crippen LogP contribution in [0, 0.1) is 20.8 Å².